The van der Waals surface area contributed by atoms with Crippen molar-refractivity contribution in [2.45, 2.75) is 70.3 Å². The highest BCUT2D eigenvalue weighted by Gasteiger charge is 2.37. The van der Waals surface area contributed by atoms with E-state index in [2.05, 4.69) is 18.3 Å². The fourth-order valence-electron chi connectivity index (χ4n) is 6.21. The van der Waals surface area contributed by atoms with E-state index in [1.807, 2.05) is 24.3 Å². The number of allylic oxidation sites excluding steroid dienone is 1. The van der Waals surface area contributed by atoms with Crippen LogP contribution in [0.1, 0.15) is 75.3 Å². The van der Waals surface area contributed by atoms with E-state index in [1.54, 1.807) is 17.7 Å². The van der Waals surface area contributed by atoms with Crippen LogP contribution < -0.4 is 10.1 Å². The van der Waals surface area contributed by atoms with Gasteiger partial charge in [-0.3, -0.25) is 4.79 Å². The molecule has 1 N–H and O–H groups in total. The SMILES string of the molecule is CC[N+]1(CC2=CCCCCCC2)CCC(NC(=O)C2c3cc(Cl)ccc3Oc3ccc(Cl)cc32)CC1. The van der Waals surface area contributed by atoms with Crippen molar-refractivity contribution in [1.82, 2.24) is 5.32 Å². The number of halogens is 2. The topological polar surface area (TPSA) is 38.3 Å². The molecule has 4 nitrogen and oxygen atoms in total. The van der Waals surface area contributed by atoms with Crippen molar-refractivity contribution in [2.24, 2.45) is 0 Å². The molecule has 6 heteroatoms. The predicted molar refractivity (Wildman–Crippen MR) is 147 cm³/mol. The molecule has 0 spiro atoms. The van der Waals surface area contributed by atoms with Gasteiger partial charge in [-0.15, -0.1) is 0 Å². The minimum absolute atomic E-state index is 0.00504. The zero-order valence-electron chi connectivity index (χ0n) is 21.2. The van der Waals surface area contributed by atoms with E-state index in [0.29, 0.717) is 21.5 Å². The molecule has 0 unspecified atom stereocenters. The number of hydrogen-bond acceptors (Lipinski definition) is 2. The Hall–Kier alpha value is -2.01. The first-order chi connectivity index (χ1) is 17.5. The molecule has 2 aromatic carbocycles. The van der Waals surface area contributed by atoms with Gasteiger partial charge in [0, 0.05) is 40.1 Å². The molecule has 1 aliphatic carbocycles. The second-order valence-corrected chi connectivity index (χ2v) is 11.6. The largest absolute Gasteiger partial charge is 0.457 e. The summed E-state index contributed by atoms with van der Waals surface area (Å²) in [6.45, 7) is 6.87. The first-order valence-electron chi connectivity index (χ1n) is 13.6. The van der Waals surface area contributed by atoms with Crippen LogP contribution in [0.15, 0.2) is 48.0 Å². The molecule has 5 rings (SSSR count). The molecule has 2 aliphatic heterocycles. The molecule has 0 bridgehead atoms. The first kappa shape index (κ1) is 25.6. The molecule has 0 saturated carbocycles. The maximum atomic E-state index is 13.8. The molecular weight excluding hydrogens is 491 g/mol. The number of likely N-dealkylation sites (N-methyl/N-ethyl adjacent to an activating group) is 1. The van der Waals surface area contributed by atoms with Crippen molar-refractivity contribution in [2.75, 3.05) is 26.2 Å². The molecular formula is C30H37Cl2N2O2+. The lowest BCUT2D eigenvalue weighted by Gasteiger charge is -2.44. The molecule has 2 heterocycles. The number of carbonyl (C=O) groups is 1. The number of hydrogen-bond donors (Lipinski definition) is 1. The summed E-state index contributed by atoms with van der Waals surface area (Å²) in [7, 11) is 0. The summed E-state index contributed by atoms with van der Waals surface area (Å²) in [5.74, 6) is 0.849. The van der Waals surface area contributed by atoms with E-state index in [4.69, 9.17) is 27.9 Å². The lowest BCUT2D eigenvalue weighted by atomic mass is 9.86. The summed E-state index contributed by atoms with van der Waals surface area (Å²) < 4.78 is 7.23. The summed E-state index contributed by atoms with van der Waals surface area (Å²) in [6, 6.07) is 11.1. The number of rotatable bonds is 5. The number of ether oxygens (including phenoxy) is 1. The molecule has 1 amide bonds. The van der Waals surface area contributed by atoms with Crippen LogP contribution in [0.4, 0.5) is 0 Å². The smallest absolute Gasteiger partial charge is 0.232 e. The summed E-state index contributed by atoms with van der Waals surface area (Å²) in [5.41, 5.74) is 3.24. The minimum atomic E-state index is -0.492. The van der Waals surface area contributed by atoms with Crippen LogP contribution in [0.5, 0.6) is 11.5 Å². The quantitative estimate of drug-likeness (QED) is 0.320. The van der Waals surface area contributed by atoms with Crippen LogP contribution in [0.3, 0.4) is 0 Å². The normalized spacial score (nSPS) is 24.4. The average Bonchev–Trinajstić information content (AvgIpc) is 2.85. The highest BCUT2D eigenvalue weighted by atomic mass is 35.5. The Kier molecular flexibility index (Phi) is 7.95. The van der Waals surface area contributed by atoms with Gasteiger partial charge in [0.05, 0.1) is 25.6 Å². The number of quaternary nitrogens is 1. The van der Waals surface area contributed by atoms with Gasteiger partial charge in [0.25, 0.3) is 0 Å². The van der Waals surface area contributed by atoms with Crippen LogP contribution >= 0.6 is 23.2 Å². The third-order valence-corrected chi connectivity index (χ3v) is 8.86. The van der Waals surface area contributed by atoms with Crippen LogP contribution in [0.25, 0.3) is 0 Å². The van der Waals surface area contributed by atoms with Crippen LogP contribution in [-0.2, 0) is 4.79 Å². The van der Waals surface area contributed by atoms with E-state index in [-0.39, 0.29) is 11.9 Å². The van der Waals surface area contributed by atoms with E-state index in [0.717, 1.165) is 48.1 Å². The van der Waals surface area contributed by atoms with E-state index >= 15 is 0 Å². The number of likely N-dealkylation sites (tertiary alicyclic amines) is 1. The van der Waals surface area contributed by atoms with Crippen molar-refractivity contribution in [3.8, 4) is 11.5 Å². The lowest BCUT2D eigenvalue weighted by molar-refractivity contribution is -0.927. The van der Waals surface area contributed by atoms with Crippen molar-refractivity contribution in [3.05, 3.63) is 69.2 Å². The van der Waals surface area contributed by atoms with E-state index in [1.165, 1.54) is 45.1 Å². The zero-order chi connectivity index (χ0) is 25.1. The Balaban J connectivity index is 1.29. The van der Waals surface area contributed by atoms with Gasteiger partial charge < -0.3 is 14.5 Å². The second-order valence-electron chi connectivity index (χ2n) is 10.8. The molecule has 36 heavy (non-hydrogen) atoms. The number of nitrogens with one attached hydrogen (secondary N) is 1. The molecule has 3 aliphatic rings. The Morgan fingerprint density at radius 1 is 0.972 bits per heavy atom. The summed E-state index contributed by atoms with van der Waals surface area (Å²) in [6.07, 6.45) is 12.4. The van der Waals surface area contributed by atoms with Gasteiger partial charge in [-0.25, -0.2) is 0 Å². The summed E-state index contributed by atoms with van der Waals surface area (Å²) in [5, 5.41) is 4.57. The molecule has 1 fully saturated rings. The van der Waals surface area contributed by atoms with Crippen molar-refractivity contribution >= 4 is 29.1 Å². The molecule has 0 radical (unpaired) electrons. The highest BCUT2D eigenvalue weighted by Crippen LogP contribution is 2.46. The third-order valence-electron chi connectivity index (χ3n) is 8.39. The van der Waals surface area contributed by atoms with Crippen LogP contribution in [0, 0.1) is 0 Å². The number of nitrogens with zero attached hydrogens (tertiary/aromatic N) is 1. The first-order valence-corrected chi connectivity index (χ1v) is 14.3. The zero-order valence-corrected chi connectivity index (χ0v) is 22.7. The number of fused-ring (bicyclic) bond motifs is 2. The molecule has 192 valence electrons. The monoisotopic (exact) mass is 527 g/mol. The van der Waals surface area contributed by atoms with Gasteiger partial charge in [-0.2, -0.15) is 0 Å². The van der Waals surface area contributed by atoms with Crippen molar-refractivity contribution in [3.63, 3.8) is 0 Å². The van der Waals surface area contributed by atoms with Gasteiger partial charge in [0.15, 0.2) is 0 Å². The fourth-order valence-corrected chi connectivity index (χ4v) is 6.57. The minimum Gasteiger partial charge on any atom is -0.457 e. The summed E-state index contributed by atoms with van der Waals surface area (Å²) in [4.78, 5) is 13.8. The fraction of sp³-hybridized carbons (Fsp3) is 0.500. The Bertz CT molecular complexity index is 1090. The van der Waals surface area contributed by atoms with Gasteiger partial charge in [0.2, 0.25) is 5.91 Å². The maximum Gasteiger partial charge on any atom is 0.232 e. The van der Waals surface area contributed by atoms with Gasteiger partial charge >= 0.3 is 0 Å². The van der Waals surface area contributed by atoms with E-state index in [9.17, 15) is 4.79 Å². The van der Waals surface area contributed by atoms with Gasteiger partial charge in [-0.05, 0) is 74.6 Å². The molecule has 0 atom stereocenters. The highest BCUT2D eigenvalue weighted by molar-refractivity contribution is 6.31. The summed E-state index contributed by atoms with van der Waals surface area (Å²) >= 11 is 12.6. The molecule has 1 saturated heterocycles. The maximum absolute atomic E-state index is 13.8. The number of carbonyl (C=O) groups excluding carboxylic acids is 1. The molecule has 0 aromatic heterocycles. The number of benzene rings is 2. The van der Waals surface area contributed by atoms with Gasteiger partial charge in [0.1, 0.15) is 18.0 Å². The Labute approximate surface area is 225 Å². The lowest BCUT2D eigenvalue weighted by Crippen LogP contribution is -2.57. The van der Waals surface area contributed by atoms with Crippen LogP contribution in [0.2, 0.25) is 10.0 Å². The number of piperidine rings is 1. The molecule has 2 aromatic rings. The van der Waals surface area contributed by atoms with Crippen LogP contribution in [-0.4, -0.2) is 42.6 Å². The average molecular weight is 529 g/mol. The second kappa shape index (κ2) is 11.2. The van der Waals surface area contributed by atoms with Gasteiger partial charge in [-0.1, -0.05) is 42.1 Å². The van der Waals surface area contributed by atoms with E-state index < -0.39 is 5.92 Å². The number of amides is 1. The van der Waals surface area contributed by atoms with Crippen molar-refractivity contribution < 1.29 is 14.0 Å². The third kappa shape index (κ3) is 5.61. The standard InChI is InChI=1S/C30H36Cl2N2O2/c1-2-34(20-21-8-6-4-3-5-7-9-21)16-14-24(15-17-34)33-30(35)29-25-18-22(31)10-12-27(25)36-28-13-11-23(32)19-26(28)29/h8,10-13,18-19,24,29H,2-7,9,14-17,20H2,1H3/p+1. The Morgan fingerprint density at radius 2 is 1.61 bits per heavy atom. The predicted octanol–water partition coefficient (Wildman–Crippen LogP) is 7.63. The Morgan fingerprint density at radius 3 is 2.25 bits per heavy atom. The van der Waals surface area contributed by atoms with Crippen molar-refractivity contribution in [1.29, 1.82) is 0 Å².